The molecule has 1 fully saturated rings. The van der Waals surface area contributed by atoms with Crippen molar-refractivity contribution in [1.82, 2.24) is 0 Å². The van der Waals surface area contributed by atoms with E-state index in [1.54, 1.807) is 12.1 Å². The molecule has 1 aliphatic rings. The van der Waals surface area contributed by atoms with Crippen LogP contribution in [0, 0.1) is 5.82 Å². The lowest BCUT2D eigenvalue weighted by molar-refractivity contribution is 0.297. The minimum Gasteiger partial charge on any atom is -0.489 e. The molecule has 0 spiro atoms. The van der Waals surface area contributed by atoms with Crippen molar-refractivity contribution >= 4 is 0 Å². The van der Waals surface area contributed by atoms with Crippen LogP contribution in [-0.4, -0.2) is 0 Å². The van der Waals surface area contributed by atoms with Crippen molar-refractivity contribution in [3.05, 3.63) is 65.5 Å². The fraction of sp³-hybridized carbons (Fsp3) is 0.368. The molecule has 0 heterocycles. The van der Waals surface area contributed by atoms with E-state index in [0.717, 1.165) is 11.3 Å². The maximum atomic E-state index is 12.9. The molecule has 21 heavy (non-hydrogen) atoms. The van der Waals surface area contributed by atoms with Gasteiger partial charge < -0.3 is 4.74 Å². The Balaban J connectivity index is 1.71. The van der Waals surface area contributed by atoms with E-state index in [0.29, 0.717) is 12.5 Å². The molecule has 0 aromatic heterocycles. The molecule has 110 valence electrons. The number of rotatable bonds is 4. The second-order valence-electron chi connectivity index (χ2n) is 5.79. The summed E-state index contributed by atoms with van der Waals surface area (Å²) in [5, 5.41) is 0. The minimum atomic E-state index is -0.207. The zero-order chi connectivity index (χ0) is 14.5. The molecule has 2 heteroatoms. The van der Waals surface area contributed by atoms with Gasteiger partial charge in [-0.15, -0.1) is 0 Å². The third kappa shape index (κ3) is 3.63. The molecule has 0 aliphatic heterocycles. The van der Waals surface area contributed by atoms with Crippen molar-refractivity contribution in [2.75, 3.05) is 0 Å². The Morgan fingerprint density at radius 3 is 2.38 bits per heavy atom. The highest BCUT2D eigenvalue weighted by atomic mass is 19.1. The predicted molar refractivity (Wildman–Crippen MR) is 83.0 cm³/mol. The summed E-state index contributed by atoms with van der Waals surface area (Å²) in [5.41, 5.74) is 2.33. The Morgan fingerprint density at radius 2 is 1.62 bits per heavy atom. The molecule has 2 aromatic carbocycles. The van der Waals surface area contributed by atoms with E-state index >= 15 is 0 Å². The summed E-state index contributed by atoms with van der Waals surface area (Å²) >= 11 is 0. The van der Waals surface area contributed by atoms with Gasteiger partial charge in [-0.1, -0.05) is 49.6 Å². The Kier molecular flexibility index (Phi) is 4.54. The number of halogens is 1. The van der Waals surface area contributed by atoms with E-state index in [-0.39, 0.29) is 5.82 Å². The summed E-state index contributed by atoms with van der Waals surface area (Å²) in [6.45, 7) is 0.490. The van der Waals surface area contributed by atoms with Crippen LogP contribution in [0.25, 0.3) is 0 Å². The van der Waals surface area contributed by atoms with Crippen LogP contribution < -0.4 is 4.74 Å². The summed E-state index contributed by atoms with van der Waals surface area (Å²) in [4.78, 5) is 0. The molecular formula is C19H21FO. The topological polar surface area (TPSA) is 9.23 Å². The van der Waals surface area contributed by atoms with Crippen LogP contribution in [0.15, 0.2) is 48.5 Å². The molecule has 1 nitrogen and oxygen atoms in total. The molecule has 0 saturated heterocycles. The number of hydrogen-bond donors (Lipinski definition) is 0. The van der Waals surface area contributed by atoms with Gasteiger partial charge in [0.25, 0.3) is 0 Å². The van der Waals surface area contributed by atoms with Gasteiger partial charge in [0.15, 0.2) is 0 Å². The highest BCUT2D eigenvalue weighted by molar-refractivity contribution is 5.36. The van der Waals surface area contributed by atoms with E-state index in [9.17, 15) is 4.39 Å². The SMILES string of the molecule is Fc1ccc(COc2ccccc2C2CCCCC2)cc1. The molecule has 3 rings (SSSR count). The lowest BCUT2D eigenvalue weighted by Gasteiger charge is -2.24. The first kappa shape index (κ1) is 14.1. The van der Waals surface area contributed by atoms with Gasteiger partial charge in [0.05, 0.1) is 0 Å². The van der Waals surface area contributed by atoms with Gasteiger partial charge in [-0.05, 0) is 48.1 Å². The Morgan fingerprint density at radius 1 is 0.905 bits per heavy atom. The van der Waals surface area contributed by atoms with Gasteiger partial charge in [-0.25, -0.2) is 4.39 Å². The first-order valence-electron chi connectivity index (χ1n) is 7.79. The fourth-order valence-electron chi connectivity index (χ4n) is 3.10. The summed E-state index contributed by atoms with van der Waals surface area (Å²) in [7, 11) is 0. The quantitative estimate of drug-likeness (QED) is 0.725. The van der Waals surface area contributed by atoms with Gasteiger partial charge in [0.1, 0.15) is 18.2 Å². The lowest BCUT2D eigenvalue weighted by Crippen LogP contribution is -2.07. The van der Waals surface area contributed by atoms with Gasteiger partial charge in [0, 0.05) is 0 Å². The summed E-state index contributed by atoms with van der Waals surface area (Å²) in [5.74, 6) is 1.40. The third-order valence-corrected chi connectivity index (χ3v) is 4.27. The van der Waals surface area contributed by atoms with Crippen molar-refractivity contribution < 1.29 is 9.13 Å². The summed E-state index contributed by atoms with van der Waals surface area (Å²) in [6, 6.07) is 14.9. The van der Waals surface area contributed by atoms with Gasteiger partial charge in [0.2, 0.25) is 0 Å². The molecule has 2 aromatic rings. The number of ether oxygens (including phenoxy) is 1. The zero-order valence-corrected chi connectivity index (χ0v) is 12.2. The first-order valence-corrected chi connectivity index (χ1v) is 7.79. The van der Waals surface area contributed by atoms with Crippen molar-refractivity contribution in [3.63, 3.8) is 0 Å². The standard InChI is InChI=1S/C19H21FO/c20-17-12-10-15(11-13-17)14-21-19-9-5-4-8-18(19)16-6-2-1-3-7-16/h4-5,8-13,16H,1-3,6-7,14H2. The summed E-state index contributed by atoms with van der Waals surface area (Å²) in [6.07, 6.45) is 6.51. The molecule has 0 bridgehead atoms. The second kappa shape index (κ2) is 6.75. The maximum Gasteiger partial charge on any atom is 0.123 e. The average molecular weight is 284 g/mol. The van der Waals surface area contributed by atoms with E-state index in [1.165, 1.54) is 49.8 Å². The number of benzene rings is 2. The monoisotopic (exact) mass is 284 g/mol. The van der Waals surface area contributed by atoms with Crippen LogP contribution in [0.2, 0.25) is 0 Å². The van der Waals surface area contributed by atoms with Crippen LogP contribution in [0.3, 0.4) is 0 Å². The molecule has 1 aliphatic carbocycles. The molecule has 0 radical (unpaired) electrons. The average Bonchev–Trinajstić information content (AvgIpc) is 2.55. The van der Waals surface area contributed by atoms with Gasteiger partial charge in [-0.3, -0.25) is 0 Å². The van der Waals surface area contributed by atoms with Gasteiger partial charge in [-0.2, -0.15) is 0 Å². The van der Waals surface area contributed by atoms with Crippen LogP contribution in [0.5, 0.6) is 5.75 Å². The number of hydrogen-bond acceptors (Lipinski definition) is 1. The fourth-order valence-corrected chi connectivity index (χ4v) is 3.10. The number of para-hydroxylation sites is 1. The minimum absolute atomic E-state index is 0.207. The van der Waals surface area contributed by atoms with E-state index in [2.05, 4.69) is 12.1 Å². The van der Waals surface area contributed by atoms with E-state index in [4.69, 9.17) is 4.74 Å². The van der Waals surface area contributed by atoms with Crippen molar-refractivity contribution in [2.24, 2.45) is 0 Å². The highest BCUT2D eigenvalue weighted by Crippen LogP contribution is 2.37. The third-order valence-electron chi connectivity index (χ3n) is 4.27. The molecule has 1 saturated carbocycles. The van der Waals surface area contributed by atoms with Crippen molar-refractivity contribution in [2.45, 2.75) is 44.6 Å². The molecular weight excluding hydrogens is 263 g/mol. The summed E-state index contributed by atoms with van der Waals surface area (Å²) < 4.78 is 18.9. The van der Waals surface area contributed by atoms with Crippen LogP contribution in [0.1, 0.15) is 49.1 Å². The Hall–Kier alpha value is -1.83. The van der Waals surface area contributed by atoms with Crippen LogP contribution in [0.4, 0.5) is 4.39 Å². The Labute approximate surface area is 125 Å². The second-order valence-corrected chi connectivity index (χ2v) is 5.79. The first-order chi connectivity index (χ1) is 10.3. The van der Waals surface area contributed by atoms with E-state index in [1.807, 2.05) is 12.1 Å². The highest BCUT2D eigenvalue weighted by Gasteiger charge is 2.18. The smallest absolute Gasteiger partial charge is 0.123 e. The van der Waals surface area contributed by atoms with Crippen molar-refractivity contribution in [1.29, 1.82) is 0 Å². The lowest BCUT2D eigenvalue weighted by atomic mass is 9.84. The maximum absolute atomic E-state index is 12.9. The zero-order valence-electron chi connectivity index (χ0n) is 12.2. The van der Waals surface area contributed by atoms with Crippen molar-refractivity contribution in [3.8, 4) is 5.75 Å². The molecule has 0 atom stereocenters. The predicted octanol–water partition coefficient (Wildman–Crippen LogP) is 5.45. The largest absolute Gasteiger partial charge is 0.489 e. The normalized spacial score (nSPS) is 15.9. The van der Waals surface area contributed by atoms with Gasteiger partial charge >= 0.3 is 0 Å². The molecule has 0 N–H and O–H groups in total. The van der Waals surface area contributed by atoms with Crippen LogP contribution in [-0.2, 0) is 6.61 Å². The molecule has 0 amide bonds. The van der Waals surface area contributed by atoms with E-state index < -0.39 is 0 Å². The van der Waals surface area contributed by atoms with Crippen LogP contribution >= 0.6 is 0 Å². The molecule has 0 unspecified atom stereocenters. The Bertz CT molecular complexity index is 570.